The molecule has 0 spiro atoms. The zero-order chi connectivity index (χ0) is 30.4. The third kappa shape index (κ3) is 23.6. The lowest BCUT2D eigenvalue weighted by Crippen LogP contribution is -2.48. The standard InChI is InChI=1S/C35H64N4O3/c1-2-3-4-5-6-7-8-9-10-11-12-13-14-15-16-20-26-37-27-21-24-34(40)39-33(31-32-22-18-17-19-23-32)35(41)38-28-30-42-29-25-36/h17-19,22-23,33,37H,2-16,20-21,24-31,36H2,1H3,(H,38,41)(H,39,40)/t33-/m0/s1. The van der Waals surface area contributed by atoms with Gasteiger partial charge in [0, 0.05) is 25.9 Å². The smallest absolute Gasteiger partial charge is 0.243 e. The molecule has 2 amide bonds. The molecule has 7 nitrogen and oxygen atoms in total. The number of rotatable bonds is 30. The van der Waals surface area contributed by atoms with Gasteiger partial charge in [0.2, 0.25) is 11.8 Å². The molecular formula is C35H64N4O3. The zero-order valence-electron chi connectivity index (χ0n) is 26.9. The number of carbonyl (C=O) groups is 2. The molecular weight excluding hydrogens is 524 g/mol. The lowest BCUT2D eigenvalue weighted by Gasteiger charge is -2.19. The highest BCUT2D eigenvalue weighted by molar-refractivity contribution is 5.87. The first-order valence-electron chi connectivity index (χ1n) is 17.3. The van der Waals surface area contributed by atoms with Crippen molar-refractivity contribution in [2.45, 2.75) is 135 Å². The van der Waals surface area contributed by atoms with E-state index in [1.54, 1.807) is 0 Å². The number of unbranched alkanes of at least 4 members (excludes halogenated alkanes) is 15. The van der Waals surface area contributed by atoms with Crippen molar-refractivity contribution in [3.8, 4) is 0 Å². The summed E-state index contributed by atoms with van der Waals surface area (Å²) in [4.78, 5) is 25.4. The quantitative estimate of drug-likeness (QED) is 0.0775. The summed E-state index contributed by atoms with van der Waals surface area (Å²) in [5.41, 5.74) is 6.44. The predicted molar refractivity (Wildman–Crippen MR) is 177 cm³/mol. The van der Waals surface area contributed by atoms with Gasteiger partial charge in [0.15, 0.2) is 0 Å². The molecule has 0 fully saturated rings. The fourth-order valence-electron chi connectivity index (χ4n) is 5.18. The molecule has 0 aromatic heterocycles. The van der Waals surface area contributed by atoms with Crippen LogP contribution in [0.1, 0.15) is 128 Å². The topological polar surface area (TPSA) is 105 Å². The minimum Gasteiger partial charge on any atom is -0.378 e. The summed E-state index contributed by atoms with van der Waals surface area (Å²) in [6.07, 6.45) is 23.7. The monoisotopic (exact) mass is 588 g/mol. The molecule has 0 saturated carbocycles. The molecule has 7 heteroatoms. The normalized spacial score (nSPS) is 11.9. The van der Waals surface area contributed by atoms with Crippen LogP contribution >= 0.6 is 0 Å². The van der Waals surface area contributed by atoms with Crippen LogP contribution in [0.3, 0.4) is 0 Å². The van der Waals surface area contributed by atoms with Gasteiger partial charge in [-0.05, 0) is 31.5 Å². The number of benzene rings is 1. The first-order valence-corrected chi connectivity index (χ1v) is 17.3. The molecule has 0 aliphatic rings. The Hall–Kier alpha value is -1.96. The summed E-state index contributed by atoms with van der Waals surface area (Å²) in [6.45, 7) is 5.82. The summed E-state index contributed by atoms with van der Waals surface area (Å²) < 4.78 is 5.33. The fraction of sp³-hybridized carbons (Fsp3) is 0.771. The number of nitrogens with two attached hydrogens (primary N) is 1. The van der Waals surface area contributed by atoms with Gasteiger partial charge in [0.05, 0.1) is 13.2 Å². The Labute approximate surface area is 257 Å². The Morgan fingerprint density at radius 1 is 0.714 bits per heavy atom. The number of carbonyl (C=O) groups excluding carboxylic acids is 2. The van der Waals surface area contributed by atoms with Gasteiger partial charge in [0.1, 0.15) is 6.04 Å². The van der Waals surface area contributed by atoms with E-state index in [1.165, 1.54) is 103 Å². The Balaban J connectivity index is 2.02. The van der Waals surface area contributed by atoms with E-state index in [0.717, 1.165) is 25.1 Å². The zero-order valence-corrected chi connectivity index (χ0v) is 26.9. The van der Waals surface area contributed by atoms with Gasteiger partial charge < -0.3 is 26.4 Å². The molecule has 1 aromatic rings. The van der Waals surface area contributed by atoms with Crippen molar-refractivity contribution in [2.75, 3.05) is 39.4 Å². The van der Waals surface area contributed by atoms with E-state index >= 15 is 0 Å². The van der Waals surface area contributed by atoms with E-state index in [0.29, 0.717) is 39.1 Å². The second-order valence-corrected chi connectivity index (χ2v) is 11.7. The molecule has 0 heterocycles. The van der Waals surface area contributed by atoms with E-state index in [9.17, 15) is 9.59 Å². The Morgan fingerprint density at radius 2 is 1.26 bits per heavy atom. The largest absolute Gasteiger partial charge is 0.378 e. The van der Waals surface area contributed by atoms with Crippen LogP contribution in [0, 0.1) is 0 Å². The number of nitrogens with one attached hydrogen (secondary N) is 3. The van der Waals surface area contributed by atoms with E-state index in [4.69, 9.17) is 10.5 Å². The maximum atomic E-state index is 12.8. The van der Waals surface area contributed by atoms with Gasteiger partial charge in [-0.2, -0.15) is 0 Å². The lowest BCUT2D eigenvalue weighted by atomic mass is 10.0. The van der Waals surface area contributed by atoms with E-state index < -0.39 is 6.04 Å². The third-order valence-corrected chi connectivity index (χ3v) is 7.71. The van der Waals surface area contributed by atoms with E-state index in [2.05, 4.69) is 22.9 Å². The first-order chi connectivity index (χ1) is 20.7. The molecule has 1 rings (SSSR count). The highest BCUT2D eigenvalue weighted by Crippen LogP contribution is 2.13. The van der Waals surface area contributed by atoms with Gasteiger partial charge in [0.25, 0.3) is 0 Å². The summed E-state index contributed by atoms with van der Waals surface area (Å²) >= 11 is 0. The molecule has 0 aliphatic heterocycles. The maximum Gasteiger partial charge on any atom is 0.243 e. The molecule has 0 saturated heterocycles. The highest BCUT2D eigenvalue weighted by Gasteiger charge is 2.20. The molecule has 0 unspecified atom stereocenters. The molecule has 5 N–H and O–H groups in total. The molecule has 0 aliphatic carbocycles. The predicted octanol–water partition coefficient (Wildman–Crippen LogP) is 6.44. The van der Waals surface area contributed by atoms with Crippen molar-refractivity contribution in [3.63, 3.8) is 0 Å². The van der Waals surface area contributed by atoms with Crippen LogP contribution in [0.4, 0.5) is 0 Å². The minimum atomic E-state index is -0.604. The molecule has 1 aromatic carbocycles. The average Bonchev–Trinajstić information content (AvgIpc) is 3.00. The summed E-state index contributed by atoms with van der Waals surface area (Å²) in [5, 5.41) is 9.27. The maximum absolute atomic E-state index is 12.8. The molecule has 242 valence electrons. The number of ether oxygens (including phenoxy) is 1. The van der Waals surface area contributed by atoms with Crippen LogP contribution in [-0.4, -0.2) is 57.2 Å². The Kier molecular flexibility index (Phi) is 26.4. The van der Waals surface area contributed by atoms with Crippen LogP contribution in [0.2, 0.25) is 0 Å². The van der Waals surface area contributed by atoms with Gasteiger partial charge in [-0.1, -0.05) is 134 Å². The van der Waals surface area contributed by atoms with Crippen molar-refractivity contribution in [1.29, 1.82) is 0 Å². The van der Waals surface area contributed by atoms with Crippen LogP contribution in [-0.2, 0) is 20.7 Å². The molecule has 0 radical (unpaired) electrons. The Morgan fingerprint density at radius 3 is 1.83 bits per heavy atom. The number of amides is 2. The van der Waals surface area contributed by atoms with Crippen molar-refractivity contribution >= 4 is 11.8 Å². The fourth-order valence-corrected chi connectivity index (χ4v) is 5.18. The lowest BCUT2D eigenvalue weighted by molar-refractivity contribution is -0.129. The summed E-state index contributed by atoms with van der Waals surface area (Å²) in [6, 6.07) is 9.17. The number of hydrogen-bond donors (Lipinski definition) is 4. The first kappa shape index (κ1) is 38.1. The van der Waals surface area contributed by atoms with E-state index in [1.807, 2.05) is 30.3 Å². The van der Waals surface area contributed by atoms with Crippen LogP contribution < -0.4 is 21.7 Å². The highest BCUT2D eigenvalue weighted by atomic mass is 16.5. The van der Waals surface area contributed by atoms with Gasteiger partial charge in [-0.15, -0.1) is 0 Å². The van der Waals surface area contributed by atoms with Crippen molar-refractivity contribution in [1.82, 2.24) is 16.0 Å². The van der Waals surface area contributed by atoms with Crippen LogP contribution in [0.25, 0.3) is 0 Å². The molecule has 1 atom stereocenters. The third-order valence-electron chi connectivity index (χ3n) is 7.71. The second kappa shape index (κ2) is 29.1. The average molecular weight is 589 g/mol. The van der Waals surface area contributed by atoms with Crippen LogP contribution in [0.5, 0.6) is 0 Å². The van der Waals surface area contributed by atoms with Gasteiger partial charge in [-0.25, -0.2) is 0 Å². The van der Waals surface area contributed by atoms with Crippen molar-refractivity contribution in [2.24, 2.45) is 5.73 Å². The Bertz CT molecular complexity index is 747. The van der Waals surface area contributed by atoms with Crippen molar-refractivity contribution < 1.29 is 14.3 Å². The van der Waals surface area contributed by atoms with Gasteiger partial charge >= 0.3 is 0 Å². The van der Waals surface area contributed by atoms with Gasteiger partial charge in [-0.3, -0.25) is 9.59 Å². The van der Waals surface area contributed by atoms with Crippen molar-refractivity contribution in [3.05, 3.63) is 35.9 Å². The number of hydrogen-bond acceptors (Lipinski definition) is 5. The summed E-state index contributed by atoms with van der Waals surface area (Å²) in [7, 11) is 0. The molecule has 42 heavy (non-hydrogen) atoms. The van der Waals surface area contributed by atoms with Crippen LogP contribution in [0.15, 0.2) is 30.3 Å². The second-order valence-electron chi connectivity index (χ2n) is 11.7. The SMILES string of the molecule is CCCCCCCCCCCCCCCCCCNCCCC(=O)N[C@@H](Cc1ccccc1)C(=O)NCCOCCN. The van der Waals surface area contributed by atoms with E-state index in [-0.39, 0.29) is 11.8 Å². The summed E-state index contributed by atoms with van der Waals surface area (Å²) in [5.74, 6) is -0.278. The molecule has 0 bridgehead atoms. The minimum absolute atomic E-state index is 0.0883.